The number of amides is 1. The molecule has 0 aromatic heterocycles. The fraction of sp³-hybridized carbons (Fsp3) is 0.381. The second kappa shape index (κ2) is 8.81. The molecule has 1 N–H and O–H groups in total. The number of rotatable bonds is 7. The molecule has 3 rings (SSSR count). The first kappa shape index (κ1) is 18.4. The van der Waals surface area contributed by atoms with E-state index in [9.17, 15) is 9.18 Å². The molecule has 1 amide bonds. The molecule has 0 aliphatic carbocycles. The van der Waals surface area contributed by atoms with Gasteiger partial charge in [0.2, 0.25) is 0 Å². The van der Waals surface area contributed by atoms with Crippen molar-refractivity contribution in [3.8, 4) is 5.75 Å². The molecule has 4 nitrogen and oxygen atoms in total. The van der Waals surface area contributed by atoms with Crippen LogP contribution < -0.4 is 10.1 Å². The molecule has 26 heavy (non-hydrogen) atoms. The van der Waals surface area contributed by atoms with E-state index in [0.717, 1.165) is 12.1 Å². The van der Waals surface area contributed by atoms with Crippen LogP contribution in [0.3, 0.4) is 0 Å². The van der Waals surface area contributed by atoms with Crippen LogP contribution in [0.5, 0.6) is 5.75 Å². The van der Waals surface area contributed by atoms with Crippen molar-refractivity contribution >= 4 is 5.91 Å². The fourth-order valence-electron chi connectivity index (χ4n) is 3.07. The standard InChI is InChI=1S/C21H25FN2O2/c1-16(26-20-10-8-19(22)9-11-20)21(25)23-14-17-4-6-18(7-5-17)15-24-12-2-3-13-24/h4-11,16H,2-3,12-15H2,1H3,(H,23,25)/t16-/m0/s1. The molecule has 138 valence electrons. The number of hydrogen-bond donors (Lipinski definition) is 1. The zero-order valence-electron chi connectivity index (χ0n) is 15.1. The molecule has 0 bridgehead atoms. The van der Waals surface area contributed by atoms with E-state index in [4.69, 9.17) is 4.74 Å². The Morgan fingerprint density at radius 3 is 2.35 bits per heavy atom. The van der Waals surface area contributed by atoms with E-state index < -0.39 is 6.10 Å². The lowest BCUT2D eigenvalue weighted by Gasteiger charge is -2.16. The van der Waals surface area contributed by atoms with E-state index in [2.05, 4.69) is 34.5 Å². The van der Waals surface area contributed by atoms with Gasteiger partial charge in [-0.05, 0) is 68.2 Å². The van der Waals surface area contributed by atoms with E-state index in [1.165, 1.54) is 55.8 Å². The minimum absolute atomic E-state index is 0.199. The SMILES string of the molecule is C[C@H](Oc1ccc(F)cc1)C(=O)NCc1ccc(CN2CCCC2)cc1. The molecule has 0 radical (unpaired) electrons. The third-order valence-electron chi connectivity index (χ3n) is 4.59. The number of carbonyl (C=O) groups excluding carboxylic acids is 1. The average Bonchev–Trinajstić information content (AvgIpc) is 3.16. The third-order valence-corrected chi connectivity index (χ3v) is 4.59. The Hall–Kier alpha value is -2.40. The summed E-state index contributed by atoms with van der Waals surface area (Å²) in [4.78, 5) is 14.6. The molecule has 0 spiro atoms. The molecule has 2 aromatic carbocycles. The molecular formula is C21H25FN2O2. The van der Waals surface area contributed by atoms with E-state index in [1.807, 2.05) is 0 Å². The van der Waals surface area contributed by atoms with Crippen LogP contribution in [0.25, 0.3) is 0 Å². The summed E-state index contributed by atoms with van der Waals surface area (Å²) in [7, 11) is 0. The number of nitrogens with zero attached hydrogens (tertiary/aromatic N) is 1. The second-order valence-electron chi connectivity index (χ2n) is 6.73. The number of hydrogen-bond acceptors (Lipinski definition) is 3. The summed E-state index contributed by atoms with van der Waals surface area (Å²) in [5, 5.41) is 2.87. The molecule has 1 aliphatic heterocycles. The van der Waals surface area contributed by atoms with Gasteiger partial charge in [-0.2, -0.15) is 0 Å². The highest BCUT2D eigenvalue weighted by Crippen LogP contribution is 2.14. The van der Waals surface area contributed by atoms with E-state index >= 15 is 0 Å². The van der Waals surface area contributed by atoms with Gasteiger partial charge in [0.25, 0.3) is 5.91 Å². The van der Waals surface area contributed by atoms with Crippen LogP contribution in [0.15, 0.2) is 48.5 Å². The monoisotopic (exact) mass is 356 g/mol. The molecule has 2 aromatic rings. The third kappa shape index (κ3) is 5.30. The molecule has 1 atom stereocenters. The van der Waals surface area contributed by atoms with Gasteiger partial charge in [0, 0.05) is 13.1 Å². The number of likely N-dealkylation sites (tertiary alicyclic amines) is 1. The summed E-state index contributed by atoms with van der Waals surface area (Å²) < 4.78 is 18.4. The lowest BCUT2D eigenvalue weighted by atomic mass is 10.1. The van der Waals surface area contributed by atoms with Gasteiger partial charge in [0.15, 0.2) is 6.10 Å². The first-order valence-electron chi connectivity index (χ1n) is 9.10. The Morgan fingerprint density at radius 1 is 1.08 bits per heavy atom. The van der Waals surface area contributed by atoms with Gasteiger partial charge in [-0.3, -0.25) is 9.69 Å². The minimum Gasteiger partial charge on any atom is -0.481 e. The summed E-state index contributed by atoms with van der Waals surface area (Å²) in [5.74, 6) is -0.0570. The fourth-order valence-corrected chi connectivity index (χ4v) is 3.07. The highest BCUT2D eigenvalue weighted by Gasteiger charge is 2.15. The first-order chi connectivity index (χ1) is 12.6. The van der Waals surface area contributed by atoms with Crippen molar-refractivity contribution in [2.45, 2.75) is 39.0 Å². The van der Waals surface area contributed by atoms with Gasteiger partial charge in [0.05, 0.1) is 0 Å². The largest absolute Gasteiger partial charge is 0.481 e. The number of nitrogens with one attached hydrogen (secondary N) is 1. The summed E-state index contributed by atoms with van der Waals surface area (Å²) in [6, 6.07) is 14.0. The van der Waals surface area contributed by atoms with Crippen molar-refractivity contribution in [3.05, 3.63) is 65.5 Å². The molecule has 1 aliphatic rings. The number of carbonyl (C=O) groups is 1. The van der Waals surface area contributed by atoms with Crippen molar-refractivity contribution in [1.82, 2.24) is 10.2 Å². The Kier molecular flexibility index (Phi) is 6.23. The molecule has 5 heteroatoms. The van der Waals surface area contributed by atoms with Crippen molar-refractivity contribution in [1.29, 1.82) is 0 Å². The average molecular weight is 356 g/mol. The topological polar surface area (TPSA) is 41.6 Å². The van der Waals surface area contributed by atoms with Crippen LogP contribution >= 0.6 is 0 Å². The van der Waals surface area contributed by atoms with Crippen molar-refractivity contribution in [2.75, 3.05) is 13.1 Å². The second-order valence-corrected chi connectivity index (χ2v) is 6.73. The summed E-state index contributed by atoms with van der Waals surface area (Å²) in [5.41, 5.74) is 2.35. The Bertz CT molecular complexity index is 710. The van der Waals surface area contributed by atoms with Crippen LogP contribution in [-0.2, 0) is 17.9 Å². The van der Waals surface area contributed by atoms with Gasteiger partial charge < -0.3 is 10.1 Å². The number of halogens is 1. The van der Waals surface area contributed by atoms with E-state index in [1.54, 1.807) is 6.92 Å². The molecular weight excluding hydrogens is 331 g/mol. The van der Waals surface area contributed by atoms with Gasteiger partial charge >= 0.3 is 0 Å². The summed E-state index contributed by atoms with van der Waals surface area (Å²) in [6.45, 7) is 5.50. The Morgan fingerprint density at radius 2 is 1.69 bits per heavy atom. The van der Waals surface area contributed by atoms with Crippen molar-refractivity contribution in [3.63, 3.8) is 0 Å². The van der Waals surface area contributed by atoms with E-state index in [0.29, 0.717) is 12.3 Å². The smallest absolute Gasteiger partial charge is 0.261 e. The van der Waals surface area contributed by atoms with Gasteiger partial charge in [0.1, 0.15) is 11.6 Å². The zero-order valence-corrected chi connectivity index (χ0v) is 15.1. The van der Waals surface area contributed by atoms with Crippen LogP contribution in [0.2, 0.25) is 0 Å². The maximum absolute atomic E-state index is 12.9. The first-order valence-corrected chi connectivity index (χ1v) is 9.10. The van der Waals surface area contributed by atoms with E-state index in [-0.39, 0.29) is 11.7 Å². The number of ether oxygens (including phenoxy) is 1. The molecule has 1 fully saturated rings. The predicted molar refractivity (Wildman–Crippen MR) is 99.3 cm³/mol. The van der Waals surface area contributed by atoms with Gasteiger partial charge in [-0.25, -0.2) is 4.39 Å². The highest BCUT2D eigenvalue weighted by atomic mass is 19.1. The Labute approximate surface area is 154 Å². The number of benzene rings is 2. The lowest BCUT2D eigenvalue weighted by molar-refractivity contribution is -0.127. The molecule has 1 saturated heterocycles. The van der Waals surface area contributed by atoms with Crippen LogP contribution in [0, 0.1) is 5.82 Å². The Balaban J connectivity index is 1.45. The maximum Gasteiger partial charge on any atom is 0.261 e. The normalized spacial score (nSPS) is 15.6. The lowest BCUT2D eigenvalue weighted by Crippen LogP contribution is -2.35. The predicted octanol–water partition coefficient (Wildman–Crippen LogP) is 3.51. The van der Waals surface area contributed by atoms with Gasteiger partial charge in [-0.1, -0.05) is 24.3 Å². The van der Waals surface area contributed by atoms with Crippen LogP contribution in [-0.4, -0.2) is 30.0 Å². The highest BCUT2D eigenvalue weighted by molar-refractivity contribution is 5.80. The minimum atomic E-state index is -0.644. The van der Waals surface area contributed by atoms with Crippen molar-refractivity contribution in [2.24, 2.45) is 0 Å². The van der Waals surface area contributed by atoms with Crippen LogP contribution in [0.4, 0.5) is 4.39 Å². The molecule has 0 unspecified atom stereocenters. The van der Waals surface area contributed by atoms with Crippen LogP contribution in [0.1, 0.15) is 30.9 Å². The quantitative estimate of drug-likeness (QED) is 0.825. The molecule has 1 heterocycles. The molecule has 0 saturated carbocycles. The maximum atomic E-state index is 12.9. The summed E-state index contributed by atoms with van der Waals surface area (Å²) in [6.07, 6.45) is 1.94. The zero-order chi connectivity index (χ0) is 18.4. The van der Waals surface area contributed by atoms with Gasteiger partial charge in [-0.15, -0.1) is 0 Å². The van der Waals surface area contributed by atoms with Crippen molar-refractivity contribution < 1.29 is 13.9 Å². The summed E-state index contributed by atoms with van der Waals surface area (Å²) >= 11 is 0.